The molecule has 0 spiro atoms. The molecule has 1 unspecified atom stereocenters. The van der Waals surface area contributed by atoms with Gasteiger partial charge in [-0.2, -0.15) is 0 Å². The topological polar surface area (TPSA) is 31.4 Å². The van der Waals surface area contributed by atoms with Gasteiger partial charge in [0.1, 0.15) is 11.5 Å². The third kappa shape index (κ3) is 3.24. The number of pyridine rings is 1. The monoisotopic (exact) mass is 357 g/mol. The minimum atomic E-state index is 0.605. The second-order valence-corrected chi connectivity index (χ2v) is 6.17. The number of hydrogen-bond acceptors (Lipinski definition) is 3. The quantitative estimate of drug-likeness (QED) is 0.640. The average Bonchev–Trinajstić information content (AvgIpc) is 2.64. The molecule has 3 nitrogen and oxygen atoms in total. The number of rotatable bonds is 4. The van der Waals surface area contributed by atoms with Crippen LogP contribution in [0.25, 0.3) is 22.4 Å². The van der Waals surface area contributed by atoms with Crippen molar-refractivity contribution >= 4 is 26.1 Å². The van der Waals surface area contributed by atoms with Crippen molar-refractivity contribution in [3.8, 4) is 33.9 Å². The Balaban J connectivity index is 2.08. The smallest absolute Gasteiger partial charge is 0.119 e. The lowest BCUT2D eigenvalue weighted by atomic mass is 10.0. The van der Waals surface area contributed by atoms with Gasteiger partial charge in [0, 0.05) is 17.3 Å². The van der Waals surface area contributed by atoms with Crippen molar-refractivity contribution in [3.05, 3.63) is 59.8 Å². The molecule has 0 amide bonds. The lowest BCUT2D eigenvalue weighted by molar-refractivity contribution is 0.415. The summed E-state index contributed by atoms with van der Waals surface area (Å²) in [6.07, 6.45) is 1.83. The van der Waals surface area contributed by atoms with Gasteiger partial charge in [0.05, 0.1) is 24.9 Å². The zero-order valence-corrected chi connectivity index (χ0v) is 15.3. The second-order valence-electron chi connectivity index (χ2n) is 5.21. The Morgan fingerprint density at radius 3 is 2.12 bits per heavy atom. The molecule has 2 aromatic carbocycles. The molecule has 0 aliphatic carbocycles. The Hall–Kier alpha value is -2.09. The van der Waals surface area contributed by atoms with Crippen LogP contribution in [0.4, 0.5) is 0 Å². The van der Waals surface area contributed by atoms with Crippen LogP contribution in [0.5, 0.6) is 11.5 Å². The summed E-state index contributed by atoms with van der Waals surface area (Å²) in [5, 5.41) is 1.51. The van der Waals surface area contributed by atoms with Gasteiger partial charge in [0.15, 0.2) is 0 Å². The summed E-state index contributed by atoms with van der Waals surface area (Å²) in [6.45, 7) is 0. The van der Waals surface area contributed by atoms with Crippen molar-refractivity contribution < 1.29 is 9.47 Å². The highest BCUT2D eigenvalue weighted by Gasteiger charge is 2.14. The van der Waals surface area contributed by atoms with Gasteiger partial charge in [0.25, 0.3) is 0 Å². The summed E-state index contributed by atoms with van der Waals surface area (Å²) in [5.74, 6) is 1.57. The normalized spacial score (nSPS) is 10.5. The van der Waals surface area contributed by atoms with Gasteiger partial charge in [-0.15, -0.1) is 9.24 Å². The molecule has 3 aromatic rings. The maximum Gasteiger partial charge on any atom is 0.119 e. The average molecular weight is 358 g/mol. The van der Waals surface area contributed by atoms with E-state index >= 15 is 0 Å². The van der Waals surface area contributed by atoms with Crippen molar-refractivity contribution in [1.29, 1.82) is 0 Å². The van der Waals surface area contributed by atoms with Crippen LogP contribution in [0.2, 0.25) is 5.02 Å². The van der Waals surface area contributed by atoms with Gasteiger partial charge in [0.2, 0.25) is 0 Å². The van der Waals surface area contributed by atoms with Crippen LogP contribution in [0.3, 0.4) is 0 Å². The van der Waals surface area contributed by atoms with E-state index in [9.17, 15) is 0 Å². The van der Waals surface area contributed by atoms with E-state index in [4.69, 9.17) is 21.1 Å². The first-order valence-corrected chi connectivity index (χ1v) is 8.32. The van der Waals surface area contributed by atoms with E-state index in [1.807, 2.05) is 54.7 Å². The molecule has 1 heterocycles. The molecule has 0 bridgehead atoms. The van der Waals surface area contributed by atoms with Gasteiger partial charge in [-0.05, 0) is 35.1 Å². The van der Waals surface area contributed by atoms with Crippen LogP contribution in [-0.2, 0) is 0 Å². The van der Waals surface area contributed by atoms with E-state index in [1.165, 1.54) is 0 Å². The summed E-state index contributed by atoms with van der Waals surface area (Å²) in [4.78, 5) is 4.57. The van der Waals surface area contributed by atoms with Crippen molar-refractivity contribution in [2.45, 2.75) is 0 Å². The van der Waals surface area contributed by atoms with Crippen molar-refractivity contribution in [2.75, 3.05) is 14.2 Å². The Kier molecular flexibility index (Phi) is 5.03. The second kappa shape index (κ2) is 7.21. The molecular formula is C19H17ClNO2P. The maximum atomic E-state index is 6.60. The van der Waals surface area contributed by atoms with Gasteiger partial charge in [-0.25, -0.2) is 0 Å². The van der Waals surface area contributed by atoms with E-state index in [-0.39, 0.29) is 0 Å². The summed E-state index contributed by atoms with van der Waals surface area (Å²) in [7, 11) is 6.00. The molecule has 0 fully saturated rings. The highest BCUT2D eigenvalue weighted by molar-refractivity contribution is 7.28. The van der Waals surface area contributed by atoms with Crippen molar-refractivity contribution in [2.24, 2.45) is 0 Å². The first kappa shape index (κ1) is 16.8. The fraction of sp³-hybridized carbons (Fsp3) is 0.105. The minimum Gasteiger partial charge on any atom is -0.497 e. The predicted octanol–water partition coefficient (Wildman–Crippen LogP) is 4.59. The molecule has 3 rings (SSSR count). The zero-order valence-electron chi connectivity index (χ0n) is 13.4. The van der Waals surface area contributed by atoms with Crippen LogP contribution in [0.15, 0.2) is 54.7 Å². The Morgan fingerprint density at radius 2 is 1.50 bits per heavy atom. The minimum absolute atomic E-state index is 0.605. The fourth-order valence-electron chi connectivity index (χ4n) is 2.49. The number of aromatic nitrogens is 1. The van der Waals surface area contributed by atoms with Gasteiger partial charge in [-0.1, -0.05) is 35.9 Å². The highest BCUT2D eigenvalue weighted by Crippen LogP contribution is 2.32. The fourth-order valence-corrected chi connectivity index (χ4v) is 3.13. The van der Waals surface area contributed by atoms with Crippen LogP contribution in [-0.4, -0.2) is 19.2 Å². The number of halogens is 1. The highest BCUT2D eigenvalue weighted by atomic mass is 35.5. The molecule has 122 valence electrons. The molecule has 24 heavy (non-hydrogen) atoms. The van der Waals surface area contributed by atoms with E-state index in [0.717, 1.165) is 39.2 Å². The summed E-state index contributed by atoms with van der Waals surface area (Å²) in [6, 6.07) is 15.5. The van der Waals surface area contributed by atoms with Crippen molar-refractivity contribution in [1.82, 2.24) is 4.98 Å². The Bertz CT molecular complexity index is 810. The molecule has 0 saturated carbocycles. The van der Waals surface area contributed by atoms with E-state index in [1.54, 1.807) is 14.2 Å². The third-order valence-corrected chi connectivity index (χ3v) is 4.95. The molecule has 1 aromatic heterocycles. The van der Waals surface area contributed by atoms with Gasteiger partial charge in [-0.3, -0.25) is 4.98 Å². The Morgan fingerprint density at radius 1 is 0.917 bits per heavy atom. The lowest BCUT2D eigenvalue weighted by Gasteiger charge is -2.12. The summed E-state index contributed by atoms with van der Waals surface area (Å²) >= 11 is 6.60. The first-order chi connectivity index (χ1) is 11.6. The maximum absolute atomic E-state index is 6.60. The Labute approximate surface area is 148 Å². The molecule has 0 N–H and O–H groups in total. The van der Waals surface area contributed by atoms with Crippen LogP contribution in [0.1, 0.15) is 0 Å². The van der Waals surface area contributed by atoms with Gasteiger partial charge < -0.3 is 9.47 Å². The first-order valence-electron chi connectivity index (χ1n) is 7.37. The molecule has 1 atom stereocenters. The lowest BCUT2D eigenvalue weighted by Crippen LogP contribution is -2.03. The summed E-state index contributed by atoms with van der Waals surface area (Å²) in [5.41, 5.74) is 3.61. The predicted molar refractivity (Wildman–Crippen MR) is 103 cm³/mol. The van der Waals surface area contributed by atoms with Crippen LogP contribution >= 0.6 is 20.8 Å². The number of methoxy groups -OCH3 is 2. The number of nitrogens with zero attached hydrogens (tertiary/aromatic N) is 1. The van der Waals surface area contributed by atoms with Crippen LogP contribution in [0, 0.1) is 0 Å². The number of hydrogen-bond donors (Lipinski definition) is 0. The molecule has 0 radical (unpaired) electrons. The van der Waals surface area contributed by atoms with E-state index in [0.29, 0.717) is 5.02 Å². The van der Waals surface area contributed by atoms with Crippen LogP contribution < -0.4 is 14.8 Å². The third-order valence-electron chi connectivity index (χ3n) is 3.78. The molecule has 0 aliphatic heterocycles. The standard InChI is InChI=1S/C19H17ClNO2P/c1-22-14-7-3-5-12(9-14)16-11-21-18(17(20)19(16)24)13-6-4-8-15(10-13)23-2/h3-11H,24H2,1-2H3. The number of ether oxygens (including phenoxy) is 2. The molecule has 5 heteroatoms. The summed E-state index contributed by atoms with van der Waals surface area (Å²) < 4.78 is 10.6. The zero-order chi connectivity index (χ0) is 17.1. The van der Waals surface area contributed by atoms with Gasteiger partial charge >= 0.3 is 0 Å². The molecular weight excluding hydrogens is 341 g/mol. The van der Waals surface area contributed by atoms with E-state index in [2.05, 4.69) is 14.2 Å². The SMILES string of the molecule is COc1cccc(-c2cnc(-c3cccc(OC)c3)c(Cl)c2P)c1. The largest absolute Gasteiger partial charge is 0.497 e. The molecule has 0 saturated heterocycles. The molecule has 0 aliphatic rings. The number of benzene rings is 2. The van der Waals surface area contributed by atoms with E-state index < -0.39 is 0 Å². The van der Waals surface area contributed by atoms with Crippen molar-refractivity contribution in [3.63, 3.8) is 0 Å².